The molecule has 1 aliphatic heterocycles. The lowest BCUT2D eigenvalue weighted by molar-refractivity contribution is -0.177. The summed E-state index contributed by atoms with van der Waals surface area (Å²) in [6.07, 6.45) is -4.76. The summed E-state index contributed by atoms with van der Waals surface area (Å²) in [5, 5.41) is 2.27. The summed E-state index contributed by atoms with van der Waals surface area (Å²) in [7, 11) is 1.45. The van der Waals surface area contributed by atoms with Crippen LogP contribution in [0.25, 0.3) is 0 Å². The van der Waals surface area contributed by atoms with Crippen molar-refractivity contribution in [1.82, 2.24) is 5.01 Å². The van der Waals surface area contributed by atoms with E-state index in [0.29, 0.717) is 0 Å². The molecule has 1 heterocycles. The molecule has 0 aliphatic carbocycles. The number of alkyl halides is 3. The zero-order valence-corrected chi connectivity index (χ0v) is 11.6. The fourth-order valence-electron chi connectivity index (χ4n) is 2.20. The first-order chi connectivity index (χ1) is 9.12. The van der Waals surface area contributed by atoms with Gasteiger partial charge in [-0.2, -0.15) is 13.2 Å². The van der Waals surface area contributed by atoms with Crippen molar-refractivity contribution in [3.8, 4) is 0 Å². The van der Waals surface area contributed by atoms with Gasteiger partial charge < -0.3 is 5.73 Å². The number of para-hydroxylation sites is 1. The lowest BCUT2D eigenvalue weighted by Gasteiger charge is -2.42. The Balaban J connectivity index is 2.67. The van der Waals surface area contributed by atoms with Crippen LogP contribution in [0.3, 0.4) is 0 Å². The Morgan fingerprint density at radius 2 is 1.80 bits per heavy atom. The van der Waals surface area contributed by atoms with Gasteiger partial charge >= 0.3 is 6.18 Å². The van der Waals surface area contributed by atoms with Gasteiger partial charge in [-0.05, 0) is 19.1 Å². The Morgan fingerprint density at radius 1 is 1.25 bits per heavy atom. The monoisotopic (exact) mass is 306 g/mol. The van der Waals surface area contributed by atoms with E-state index >= 15 is 0 Å². The highest BCUT2D eigenvalue weighted by Crippen LogP contribution is 2.46. The first kappa shape index (κ1) is 14.8. The lowest BCUT2D eigenvalue weighted by atomic mass is 10.1. The lowest BCUT2D eigenvalue weighted by Crippen LogP contribution is -2.67. The standard InChI is InChI=1S/C12H14ClF3N4/c1-7-10(17)11(18,12(14,15)16)20(19(7)2)9-6-4-3-5-8(9)13/h3-6H,17-18H2,1-2H3. The highest BCUT2D eigenvalue weighted by Gasteiger charge is 2.63. The minimum atomic E-state index is -4.76. The first-order valence-corrected chi connectivity index (χ1v) is 6.11. The van der Waals surface area contributed by atoms with E-state index in [0.717, 1.165) is 5.01 Å². The molecule has 1 atom stereocenters. The molecule has 20 heavy (non-hydrogen) atoms. The molecule has 0 saturated carbocycles. The molecule has 1 aliphatic rings. The normalized spacial score (nSPS) is 23.8. The van der Waals surface area contributed by atoms with E-state index in [1.807, 2.05) is 0 Å². The minimum Gasteiger partial charge on any atom is -0.397 e. The van der Waals surface area contributed by atoms with Gasteiger partial charge in [0.2, 0.25) is 5.66 Å². The topological polar surface area (TPSA) is 58.5 Å². The third kappa shape index (κ3) is 1.81. The molecule has 0 aromatic heterocycles. The molecule has 8 heteroatoms. The van der Waals surface area contributed by atoms with Crippen LogP contribution in [0.15, 0.2) is 35.7 Å². The number of rotatable bonds is 1. The van der Waals surface area contributed by atoms with Crippen molar-refractivity contribution in [2.45, 2.75) is 18.8 Å². The van der Waals surface area contributed by atoms with Crippen LogP contribution >= 0.6 is 11.6 Å². The molecule has 1 aromatic rings. The van der Waals surface area contributed by atoms with Crippen LogP contribution in [0.2, 0.25) is 5.02 Å². The Morgan fingerprint density at radius 3 is 2.30 bits per heavy atom. The van der Waals surface area contributed by atoms with Gasteiger partial charge in [-0.1, -0.05) is 23.7 Å². The van der Waals surface area contributed by atoms with Gasteiger partial charge in [-0.25, -0.2) is 5.01 Å². The number of nitrogens with two attached hydrogens (primary N) is 2. The number of allylic oxidation sites excluding steroid dienone is 1. The maximum Gasteiger partial charge on any atom is 0.432 e. The molecule has 0 amide bonds. The molecular formula is C12H14ClF3N4. The highest BCUT2D eigenvalue weighted by molar-refractivity contribution is 6.33. The second kappa shape index (κ2) is 4.46. The van der Waals surface area contributed by atoms with Crippen molar-refractivity contribution >= 4 is 17.3 Å². The van der Waals surface area contributed by atoms with Crippen molar-refractivity contribution in [3.63, 3.8) is 0 Å². The van der Waals surface area contributed by atoms with Gasteiger partial charge in [0.1, 0.15) is 0 Å². The number of anilines is 1. The number of nitrogens with zero attached hydrogens (tertiary/aromatic N) is 2. The molecule has 0 radical (unpaired) electrons. The van der Waals surface area contributed by atoms with Gasteiger partial charge in [-0.3, -0.25) is 10.7 Å². The average Bonchev–Trinajstić information content (AvgIpc) is 2.53. The Bertz CT molecular complexity index is 572. The third-order valence-electron chi connectivity index (χ3n) is 3.43. The van der Waals surface area contributed by atoms with Crippen LogP contribution in [0, 0.1) is 0 Å². The largest absolute Gasteiger partial charge is 0.432 e. The fourth-order valence-corrected chi connectivity index (χ4v) is 2.41. The Hall–Kier alpha value is -1.60. The van der Waals surface area contributed by atoms with E-state index in [2.05, 4.69) is 0 Å². The average molecular weight is 307 g/mol. The smallest absolute Gasteiger partial charge is 0.397 e. The summed E-state index contributed by atoms with van der Waals surface area (Å²) in [6.45, 7) is 1.47. The van der Waals surface area contributed by atoms with Gasteiger partial charge in [0.25, 0.3) is 0 Å². The van der Waals surface area contributed by atoms with Crippen LogP contribution in [-0.2, 0) is 0 Å². The minimum absolute atomic E-state index is 0.135. The van der Waals surface area contributed by atoms with Crippen molar-refractivity contribution in [3.05, 3.63) is 40.7 Å². The molecule has 4 N–H and O–H groups in total. The molecule has 4 nitrogen and oxygen atoms in total. The quantitative estimate of drug-likeness (QED) is 0.836. The predicted octanol–water partition coefficient (Wildman–Crippen LogP) is 2.41. The molecule has 2 rings (SSSR count). The van der Waals surface area contributed by atoms with Gasteiger partial charge in [0, 0.05) is 7.05 Å². The van der Waals surface area contributed by atoms with Gasteiger partial charge in [0.05, 0.1) is 22.1 Å². The van der Waals surface area contributed by atoms with E-state index < -0.39 is 17.5 Å². The zero-order valence-electron chi connectivity index (χ0n) is 10.9. The molecule has 0 bridgehead atoms. The second-order valence-corrected chi connectivity index (χ2v) is 4.96. The summed E-state index contributed by atoms with van der Waals surface area (Å²) in [6, 6.07) is 6.15. The zero-order chi connectivity index (χ0) is 15.3. The maximum atomic E-state index is 13.5. The number of hydrogen-bond donors (Lipinski definition) is 2. The Labute approximate surface area is 119 Å². The molecule has 0 spiro atoms. The van der Waals surface area contributed by atoms with Gasteiger partial charge in [0.15, 0.2) is 0 Å². The van der Waals surface area contributed by atoms with E-state index in [9.17, 15) is 13.2 Å². The molecule has 1 aromatic carbocycles. The maximum absolute atomic E-state index is 13.5. The summed E-state index contributed by atoms with van der Waals surface area (Å²) in [5.74, 6) is 0. The van der Waals surface area contributed by atoms with E-state index in [-0.39, 0.29) is 16.4 Å². The van der Waals surface area contributed by atoms with E-state index in [1.54, 1.807) is 12.1 Å². The Kier molecular flexibility index (Phi) is 3.30. The predicted molar refractivity (Wildman–Crippen MR) is 71.6 cm³/mol. The van der Waals surface area contributed by atoms with Crippen molar-refractivity contribution in [2.24, 2.45) is 11.5 Å². The third-order valence-corrected chi connectivity index (χ3v) is 3.75. The van der Waals surface area contributed by atoms with E-state index in [1.165, 1.54) is 31.1 Å². The van der Waals surface area contributed by atoms with Crippen LogP contribution < -0.4 is 16.5 Å². The molecule has 0 fully saturated rings. The second-order valence-electron chi connectivity index (χ2n) is 4.55. The highest BCUT2D eigenvalue weighted by atomic mass is 35.5. The van der Waals surface area contributed by atoms with Crippen LogP contribution in [-0.4, -0.2) is 23.9 Å². The molecular weight excluding hydrogens is 293 g/mol. The summed E-state index contributed by atoms with van der Waals surface area (Å²) >= 11 is 5.99. The van der Waals surface area contributed by atoms with Crippen LogP contribution in [0.5, 0.6) is 0 Å². The fraction of sp³-hybridized carbons (Fsp3) is 0.333. The summed E-state index contributed by atoms with van der Waals surface area (Å²) in [4.78, 5) is 0. The SMILES string of the molecule is CC1=C(N)C(N)(C(F)(F)F)N(c2ccccc2Cl)N1C. The van der Waals surface area contributed by atoms with Crippen molar-refractivity contribution in [2.75, 3.05) is 12.1 Å². The van der Waals surface area contributed by atoms with Crippen LogP contribution in [0.1, 0.15) is 6.92 Å². The number of hydrogen-bond acceptors (Lipinski definition) is 4. The molecule has 110 valence electrons. The van der Waals surface area contributed by atoms with Crippen LogP contribution in [0.4, 0.5) is 18.9 Å². The van der Waals surface area contributed by atoms with Crippen molar-refractivity contribution < 1.29 is 13.2 Å². The first-order valence-electron chi connectivity index (χ1n) is 5.73. The summed E-state index contributed by atoms with van der Waals surface area (Å²) < 4.78 is 40.4. The van der Waals surface area contributed by atoms with Gasteiger partial charge in [-0.15, -0.1) is 0 Å². The van der Waals surface area contributed by atoms with E-state index in [4.69, 9.17) is 23.1 Å². The number of halogens is 4. The molecule has 1 unspecified atom stereocenters. The molecule has 0 saturated heterocycles. The number of hydrazine groups is 1. The number of benzene rings is 1. The van der Waals surface area contributed by atoms with Crippen molar-refractivity contribution in [1.29, 1.82) is 0 Å². The summed E-state index contributed by atoms with van der Waals surface area (Å²) in [5.41, 5.74) is 8.33.